The van der Waals surface area contributed by atoms with Crippen molar-refractivity contribution in [3.63, 3.8) is 0 Å². The van der Waals surface area contributed by atoms with Gasteiger partial charge in [0, 0.05) is 67.2 Å². The van der Waals surface area contributed by atoms with Crippen molar-refractivity contribution < 1.29 is 19.0 Å². The molecular weight excluding hydrogens is 490 g/mol. The number of carbonyl (C=O) groups is 1. The average Bonchev–Trinajstić information content (AvgIpc) is 3.43. The van der Waals surface area contributed by atoms with Gasteiger partial charge in [-0.15, -0.1) is 0 Å². The number of para-hydroxylation sites is 3. The minimum absolute atomic E-state index is 0.138. The van der Waals surface area contributed by atoms with Crippen LogP contribution in [0.25, 0.3) is 10.9 Å². The summed E-state index contributed by atoms with van der Waals surface area (Å²) in [4.78, 5) is 21.6. The van der Waals surface area contributed by atoms with Crippen LogP contribution in [0.5, 0.6) is 17.2 Å². The molecule has 3 aromatic carbocycles. The van der Waals surface area contributed by atoms with Crippen molar-refractivity contribution in [1.29, 1.82) is 0 Å². The number of hydrogen-bond donors (Lipinski definition) is 1. The quantitative estimate of drug-likeness (QED) is 0.306. The van der Waals surface area contributed by atoms with E-state index in [0.717, 1.165) is 58.7 Å². The lowest BCUT2D eigenvalue weighted by atomic mass is 9.86. The summed E-state index contributed by atoms with van der Waals surface area (Å²) in [6, 6.07) is 20.3. The third-order valence-corrected chi connectivity index (χ3v) is 7.84. The van der Waals surface area contributed by atoms with Gasteiger partial charge in [-0.2, -0.15) is 0 Å². The lowest BCUT2D eigenvalue weighted by Gasteiger charge is -2.37. The van der Waals surface area contributed by atoms with E-state index < -0.39 is 0 Å². The van der Waals surface area contributed by atoms with Crippen molar-refractivity contribution in [2.24, 2.45) is 0 Å². The molecule has 39 heavy (non-hydrogen) atoms. The number of aryl methyl sites for hydroxylation is 1. The minimum atomic E-state index is -0.175. The zero-order valence-corrected chi connectivity index (χ0v) is 23.2. The summed E-state index contributed by atoms with van der Waals surface area (Å²) in [7, 11) is 5.01. The van der Waals surface area contributed by atoms with Crippen molar-refractivity contribution in [3.8, 4) is 17.2 Å². The predicted octanol–water partition coefficient (Wildman–Crippen LogP) is 5.63. The van der Waals surface area contributed by atoms with Gasteiger partial charge in [0.1, 0.15) is 17.2 Å². The molecule has 0 bridgehead atoms. The Hall–Kier alpha value is -4.13. The zero-order valence-electron chi connectivity index (χ0n) is 23.2. The number of amides is 1. The van der Waals surface area contributed by atoms with Gasteiger partial charge in [0.15, 0.2) is 0 Å². The Morgan fingerprint density at radius 2 is 1.64 bits per heavy atom. The Morgan fingerprint density at radius 3 is 2.36 bits per heavy atom. The summed E-state index contributed by atoms with van der Waals surface area (Å²) in [6.45, 7) is 5.01. The van der Waals surface area contributed by atoms with Gasteiger partial charge in [0.2, 0.25) is 5.91 Å². The van der Waals surface area contributed by atoms with Crippen molar-refractivity contribution in [2.45, 2.75) is 25.7 Å². The Bertz CT molecular complexity index is 1440. The molecule has 4 aromatic rings. The van der Waals surface area contributed by atoms with Crippen LogP contribution >= 0.6 is 0 Å². The van der Waals surface area contributed by atoms with Crippen LogP contribution < -0.4 is 19.1 Å². The van der Waals surface area contributed by atoms with Gasteiger partial charge in [-0.05, 0) is 35.7 Å². The third-order valence-electron chi connectivity index (χ3n) is 7.84. The van der Waals surface area contributed by atoms with Gasteiger partial charge in [-0.3, -0.25) is 4.79 Å². The molecule has 0 spiro atoms. The summed E-state index contributed by atoms with van der Waals surface area (Å²) in [5, 5.41) is 1.14. The number of nitrogens with zero attached hydrogens (tertiary/aromatic N) is 2. The van der Waals surface area contributed by atoms with Crippen LogP contribution in [0.3, 0.4) is 0 Å². The van der Waals surface area contributed by atoms with Crippen LogP contribution in [-0.4, -0.2) is 63.3 Å². The Balaban J connectivity index is 1.43. The molecule has 1 atom stereocenters. The Kier molecular flexibility index (Phi) is 7.96. The first-order chi connectivity index (χ1) is 19.1. The molecule has 1 saturated heterocycles. The number of fused-ring (bicyclic) bond motifs is 1. The summed E-state index contributed by atoms with van der Waals surface area (Å²) < 4.78 is 16.8. The fourth-order valence-corrected chi connectivity index (χ4v) is 5.71. The van der Waals surface area contributed by atoms with Gasteiger partial charge in [-0.1, -0.05) is 43.3 Å². The number of rotatable bonds is 9. The molecule has 7 heteroatoms. The van der Waals surface area contributed by atoms with Crippen molar-refractivity contribution in [2.75, 3.05) is 52.4 Å². The molecule has 5 rings (SSSR count). The van der Waals surface area contributed by atoms with Crippen LogP contribution in [0.15, 0.2) is 66.9 Å². The van der Waals surface area contributed by atoms with Crippen molar-refractivity contribution >= 4 is 22.5 Å². The highest BCUT2D eigenvalue weighted by molar-refractivity contribution is 5.88. The number of methoxy groups -OCH3 is 3. The maximum Gasteiger partial charge on any atom is 0.223 e. The summed E-state index contributed by atoms with van der Waals surface area (Å²) in [5.41, 5.74) is 5.54. The third kappa shape index (κ3) is 5.26. The number of H-pyrrole nitrogens is 1. The summed E-state index contributed by atoms with van der Waals surface area (Å²) in [6.07, 6.45) is 3.34. The van der Waals surface area contributed by atoms with Crippen LogP contribution in [0.1, 0.15) is 36.0 Å². The highest BCUT2D eigenvalue weighted by Crippen LogP contribution is 2.40. The normalized spacial score (nSPS) is 14.4. The fourth-order valence-electron chi connectivity index (χ4n) is 5.71. The summed E-state index contributed by atoms with van der Waals surface area (Å²) >= 11 is 0. The highest BCUT2D eigenvalue weighted by Gasteiger charge is 2.29. The molecule has 1 aromatic heterocycles. The van der Waals surface area contributed by atoms with E-state index in [-0.39, 0.29) is 11.8 Å². The number of hydrogen-bond acceptors (Lipinski definition) is 5. The SMILES string of the molecule is CCc1cccc2c(C(CC(=O)N3CCN(c4ccccc4OC)CC3)c3ccc(OC)cc3OC)c[nH]c12. The number of ether oxygens (including phenoxy) is 3. The largest absolute Gasteiger partial charge is 0.497 e. The Morgan fingerprint density at radius 1 is 0.872 bits per heavy atom. The van der Waals surface area contributed by atoms with Gasteiger partial charge in [-0.25, -0.2) is 0 Å². The smallest absolute Gasteiger partial charge is 0.223 e. The van der Waals surface area contributed by atoms with Crippen molar-refractivity contribution in [1.82, 2.24) is 9.88 Å². The number of aromatic amines is 1. The average molecular weight is 528 g/mol. The molecule has 1 fully saturated rings. The second kappa shape index (κ2) is 11.7. The summed E-state index contributed by atoms with van der Waals surface area (Å²) in [5.74, 6) is 2.26. The Labute approximate surface area is 230 Å². The van der Waals surface area contributed by atoms with E-state index >= 15 is 0 Å². The number of anilines is 1. The topological polar surface area (TPSA) is 67.0 Å². The minimum Gasteiger partial charge on any atom is -0.497 e. The molecule has 0 saturated carbocycles. The number of benzene rings is 3. The van der Waals surface area contributed by atoms with Gasteiger partial charge in [0.05, 0.1) is 27.0 Å². The number of aromatic nitrogens is 1. The van der Waals surface area contributed by atoms with Gasteiger partial charge >= 0.3 is 0 Å². The van der Waals surface area contributed by atoms with E-state index in [1.165, 1.54) is 5.56 Å². The first-order valence-corrected chi connectivity index (χ1v) is 13.5. The molecule has 1 unspecified atom stereocenters. The van der Waals surface area contributed by atoms with Gasteiger partial charge in [0.25, 0.3) is 0 Å². The molecule has 1 aliphatic heterocycles. The molecule has 2 heterocycles. The predicted molar refractivity (Wildman–Crippen MR) is 155 cm³/mol. The second-order valence-electron chi connectivity index (χ2n) is 9.84. The zero-order chi connectivity index (χ0) is 27.4. The number of piperazine rings is 1. The van der Waals surface area contributed by atoms with Crippen molar-refractivity contribution in [3.05, 3.63) is 83.6 Å². The maximum atomic E-state index is 13.8. The monoisotopic (exact) mass is 527 g/mol. The maximum absolute atomic E-state index is 13.8. The molecular formula is C32H37N3O4. The van der Waals surface area contributed by atoms with E-state index in [1.807, 2.05) is 41.3 Å². The fraction of sp³-hybridized carbons (Fsp3) is 0.344. The first-order valence-electron chi connectivity index (χ1n) is 13.5. The number of carbonyl (C=O) groups excluding carboxylic acids is 1. The van der Waals surface area contributed by atoms with E-state index in [0.29, 0.717) is 25.3 Å². The van der Waals surface area contributed by atoms with E-state index in [1.54, 1.807) is 21.3 Å². The lowest BCUT2D eigenvalue weighted by molar-refractivity contribution is -0.131. The molecule has 1 amide bonds. The van der Waals surface area contributed by atoms with Crippen LogP contribution in [0.2, 0.25) is 0 Å². The molecule has 7 nitrogen and oxygen atoms in total. The lowest BCUT2D eigenvalue weighted by Crippen LogP contribution is -2.49. The van der Waals surface area contributed by atoms with E-state index in [4.69, 9.17) is 14.2 Å². The van der Waals surface area contributed by atoms with Crippen LogP contribution in [-0.2, 0) is 11.2 Å². The molecule has 1 aliphatic rings. The van der Waals surface area contributed by atoms with E-state index in [9.17, 15) is 4.79 Å². The highest BCUT2D eigenvalue weighted by atomic mass is 16.5. The molecule has 0 aliphatic carbocycles. The van der Waals surface area contributed by atoms with E-state index in [2.05, 4.69) is 47.3 Å². The second-order valence-corrected chi connectivity index (χ2v) is 9.84. The molecule has 0 radical (unpaired) electrons. The van der Waals surface area contributed by atoms with Gasteiger partial charge < -0.3 is 29.0 Å². The molecule has 1 N–H and O–H groups in total. The molecule has 204 valence electrons. The standard InChI is InChI=1S/C32H37N3O4/c1-5-22-9-8-10-25-27(21-33-32(22)25)26(24-14-13-23(37-2)19-30(24)39-4)20-31(36)35-17-15-34(16-18-35)28-11-6-7-12-29(28)38-3/h6-14,19,21,26,33H,5,15-18,20H2,1-4H3. The number of nitrogens with one attached hydrogen (secondary N) is 1. The van der Waals surface area contributed by atoms with Crippen LogP contribution in [0, 0.1) is 0 Å². The van der Waals surface area contributed by atoms with Crippen LogP contribution in [0.4, 0.5) is 5.69 Å². The first kappa shape index (κ1) is 26.5.